The van der Waals surface area contributed by atoms with Gasteiger partial charge in [0, 0.05) is 101 Å². The molecule has 1 aliphatic carbocycles. The first-order chi connectivity index (χ1) is 25.7. The van der Waals surface area contributed by atoms with Crippen LogP contribution < -0.4 is 10.6 Å². The maximum absolute atomic E-state index is 13.7. The fourth-order valence-corrected chi connectivity index (χ4v) is 9.36. The highest BCUT2D eigenvalue weighted by atomic mass is 35.5. The molecule has 2 fully saturated rings. The van der Waals surface area contributed by atoms with E-state index < -0.39 is 0 Å². The minimum Gasteiger partial charge on any atom is -0.381 e. The Morgan fingerprint density at radius 2 is 1.15 bits per heavy atom. The lowest BCUT2D eigenvalue weighted by Gasteiger charge is -2.38. The van der Waals surface area contributed by atoms with Gasteiger partial charge in [-0.05, 0) is 56.6 Å². The largest absolute Gasteiger partial charge is 0.381 e. The molecule has 4 aromatic rings. The van der Waals surface area contributed by atoms with E-state index in [0.29, 0.717) is 56.3 Å². The molecule has 2 amide bonds. The van der Waals surface area contributed by atoms with Crippen LogP contribution in [-0.2, 0) is 44.8 Å². The number of aromatic nitrogens is 4. The number of fused-ring (bicyclic) bond motifs is 2. The molecule has 13 heteroatoms. The van der Waals surface area contributed by atoms with Crippen molar-refractivity contribution in [2.75, 3.05) is 36.9 Å². The summed E-state index contributed by atoms with van der Waals surface area (Å²) in [4.78, 5) is 42.0. The van der Waals surface area contributed by atoms with Gasteiger partial charge in [0.2, 0.25) is 0 Å². The predicted molar refractivity (Wildman–Crippen MR) is 208 cm³/mol. The van der Waals surface area contributed by atoms with E-state index in [1.165, 1.54) is 25.7 Å². The number of amides is 2. The molecule has 0 bridgehead atoms. The van der Waals surface area contributed by atoms with Crippen LogP contribution in [0.15, 0.2) is 36.4 Å². The molecule has 0 unspecified atom stereocenters. The van der Waals surface area contributed by atoms with Crippen LogP contribution in [-0.4, -0.2) is 79.1 Å². The summed E-state index contributed by atoms with van der Waals surface area (Å²) in [5.41, 5.74) is 6.28. The molecule has 2 N–H and O–H groups in total. The fourth-order valence-electron chi connectivity index (χ4n) is 8.81. The molecule has 0 atom stereocenters. The van der Waals surface area contributed by atoms with Crippen molar-refractivity contribution in [2.45, 2.75) is 83.5 Å². The van der Waals surface area contributed by atoms with Gasteiger partial charge in [-0.1, -0.05) is 54.4 Å². The van der Waals surface area contributed by atoms with Gasteiger partial charge in [0.25, 0.3) is 11.8 Å². The Bertz CT molecular complexity index is 2030. The average Bonchev–Trinajstić information content (AvgIpc) is 3.69. The molecule has 4 aliphatic rings. The number of ether oxygens (including phenoxy) is 1. The normalized spacial score (nSPS) is 21.2. The first-order valence-corrected chi connectivity index (χ1v) is 19.8. The van der Waals surface area contributed by atoms with Crippen molar-refractivity contribution in [3.63, 3.8) is 0 Å². The zero-order valence-corrected chi connectivity index (χ0v) is 32.3. The summed E-state index contributed by atoms with van der Waals surface area (Å²) in [7, 11) is 3.81. The summed E-state index contributed by atoms with van der Waals surface area (Å²) in [6.45, 7) is 7.35. The van der Waals surface area contributed by atoms with E-state index in [-0.39, 0.29) is 11.8 Å². The van der Waals surface area contributed by atoms with Gasteiger partial charge in [0.05, 0.1) is 32.8 Å². The number of hydrogen-bond donors (Lipinski definition) is 2. The van der Waals surface area contributed by atoms with E-state index in [9.17, 15) is 9.59 Å². The second kappa shape index (κ2) is 15.2. The van der Waals surface area contributed by atoms with Crippen LogP contribution >= 0.6 is 23.2 Å². The summed E-state index contributed by atoms with van der Waals surface area (Å²) in [6.07, 6.45) is 8.76. The topological polar surface area (TPSA) is 110 Å². The van der Waals surface area contributed by atoms with E-state index >= 15 is 0 Å². The van der Waals surface area contributed by atoms with Crippen molar-refractivity contribution >= 4 is 46.4 Å². The van der Waals surface area contributed by atoms with Gasteiger partial charge in [-0.15, -0.1) is 0 Å². The number of nitrogens with one attached hydrogen (secondary N) is 2. The third-order valence-electron chi connectivity index (χ3n) is 12.0. The third-order valence-corrected chi connectivity index (χ3v) is 12.8. The van der Waals surface area contributed by atoms with Gasteiger partial charge in [-0.25, -0.2) is 9.97 Å². The number of imidazole rings is 2. The lowest BCUT2D eigenvalue weighted by Crippen LogP contribution is -2.42. The highest BCUT2D eigenvalue weighted by molar-refractivity contribution is 6.40. The van der Waals surface area contributed by atoms with E-state index in [0.717, 1.165) is 93.8 Å². The smallest absolute Gasteiger partial charge is 0.291 e. The minimum atomic E-state index is -0.333. The van der Waals surface area contributed by atoms with Gasteiger partial charge in [-0.3, -0.25) is 19.4 Å². The number of nitrogens with zero attached hydrogens (tertiary/aromatic N) is 6. The molecule has 2 aromatic heterocycles. The standard InChI is InChI=1S/C40H48Cl2N8O3/c1-24-10-12-25(13-11-24)49-18-14-33-31(22-49)43-37(47(33)2)39(51)45-29-8-4-6-27(35(29)41)28-7-5-9-30(36(28)42)46-40(52)38-44-32-23-50(19-15-34(32)48(38)3)26-16-20-53-21-17-26/h4-9,24-26H,10-23H2,1-3H3,(H,45,51)(H,46,52). The molecular weight excluding hydrogens is 711 g/mol. The average molecular weight is 760 g/mol. The summed E-state index contributed by atoms with van der Waals surface area (Å²) in [5.74, 6) is 0.866. The Hall–Kier alpha value is -3.74. The van der Waals surface area contributed by atoms with Gasteiger partial charge >= 0.3 is 0 Å². The molecule has 0 spiro atoms. The second-order valence-electron chi connectivity index (χ2n) is 15.2. The molecule has 1 saturated carbocycles. The molecular formula is C40H48Cl2N8O3. The van der Waals surface area contributed by atoms with Crippen LogP contribution in [0.4, 0.5) is 11.4 Å². The first kappa shape index (κ1) is 36.2. The Balaban J connectivity index is 0.967. The van der Waals surface area contributed by atoms with E-state index in [1.54, 1.807) is 12.1 Å². The molecule has 2 aromatic carbocycles. The Morgan fingerprint density at radius 3 is 1.62 bits per heavy atom. The number of anilines is 2. The van der Waals surface area contributed by atoms with Crippen molar-refractivity contribution < 1.29 is 14.3 Å². The van der Waals surface area contributed by atoms with Crippen LogP contribution in [0.5, 0.6) is 0 Å². The van der Waals surface area contributed by atoms with Crippen molar-refractivity contribution in [2.24, 2.45) is 20.0 Å². The number of halogens is 2. The lowest BCUT2D eigenvalue weighted by atomic mass is 9.86. The number of carbonyl (C=O) groups excluding carboxylic acids is 2. The SMILES string of the molecule is CC1CCC(N2CCc3c(nc(C(=O)Nc4cccc(-c5cccc(NC(=O)c6nc7c(n6C)CCN(C6CCOCC6)C7)c5Cl)c4Cl)n3C)C2)CC1. The number of carbonyl (C=O) groups is 2. The molecule has 0 radical (unpaired) electrons. The summed E-state index contributed by atoms with van der Waals surface area (Å²) >= 11 is 14.0. The highest BCUT2D eigenvalue weighted by Gasteiger charge is 2.32. The Labute approximate surface area is 321 Å². The van der Waals surface area contributed by atoms with Gasteiger partial charge in [0.15, 0.2) is 11.6 Å². The lowest BCUT2D eigenvalue weighted by molar-refractivity contribution is 0.0283. The zero-order chi connectivity index (χ0) is 36.8. The van der Waals surface area contributed by atoms with Crippen LogP contribution in [0.25, 0.3) is 11.1 Å². The van der Waals surface area contributed by atoms with E-state index in [2.05, 4.69) is 27.4 Å². The number of benzene rings is 2. The summed E-state index contributed by atoms with van der Waals surface area (Å²) in [5, 5.41) is 6.68. The van der Waals surface area contributed by atoms with Crippen molar-refractivity contribution in [3.8, 4) is 11.1 Å². The molecule has 8 rings (SSSR count). The van der Waals surface area contributed by atoms with Crippen molar-refractivity contribution in [1.29, 1.82) is 0 Å². The molecule has 280 valence electrons. The Morgan fingerprint density at radius 1 is 0.698 bits per heavy atom. The van der Waals surface area contributed by atoms with Gasteiger partial charge in [0.1, 0.15) is 0 Å². The van der Waals surface area contributed by atoms with Crippen LogP contribution in [0.1, 0.15) is 89.5 Å². The molecule has 11 nitrogen and oxygen atoms in total. The highest BCUT2D eigenvalue weighted by Crippen LogP contribution is 2.40. The molecule has 53 heavy (non-hydrogen) atoms. The maximum Gasteiger partial charge on any atom is 0.291 e. The monoisotopic (exact) mass is 758 g/mol. The third kappa shape index (κ3) is 7.14. The summed E-state index contributed by atoms with van der Waals surface area (Å²) in [6, 6.07) is 11.9. The predicted octanol–water partition coefficient (Wildman–Crippen LogP) is 7.11. The van der Waals surface area contributed by atoms with Crippen molar-refractivity contribution in [1.82, 2.24) is 28.9 Å². The molecule has 5 heterocycles. The van der Waals surface area contributed by atoms with Crippen LogP contribution in [0.2, 0.25) is 10.0 Å². The van der Waals surface area contributed by atoms with E-state index in [4.69, 9.17) is 37.9 Å². The number of rotatable bonds is 7. The van der Waals surface area contributed by atoms with Crippen molar-refractivity contribution in [3.05, 3.63) is 80.9 Å². The fraction of sp³-hybridized carbons (Fsp3) is 0.500. The quantitative estimate of drug-likeness (QED) is 0.207. The Kier molecular flexibility index (Phi) is 10.4. The minimum absolute atomic E-state index is 0.320. The van der Waals surface area contributed by atoms with Gasteiger partial charge in [-0.2, -0.15) is 0 Å². The molecule has 1 saturated heterocycles. The van der Waals surface area contributed by atoms with Crippen LogP contribution in [0, 0.1) is 5.92 Å². The van der Waals surface area contributed by atoms with Crippen LogP contribution in [0.3, 0.4) is 0 Å². The summed E-state index contributed by atoms with van der Waals surface area (Å²) < 4.78 is 9.38. The van der Waals surface area contributed by atoms with E-state index in [1.807, 2.05) is 47.5 Å². The first-order valence-electron chi connectivity index (χ1n) is 19.0. The maximum atomic E-state index is 13.7. The molecule has 3 aliphatic heterocycles. The second-order valence-corrected chi connectivity index (χ2v) is 16.0. The zero-order valence-electron chi connectivity index (χ0n) is 30.8. The van der Waals surface area contributed by atoms with Gasteiger partial charge < -0.3 is 24.5 Å². The number of hydrogen-bond acceptors (Lipinski definition) is 7.